The number of rotatable bonds is 1. The zero-order valence-electron chi connectivity index (χ0n) is 16.0. The molecule has 0 amide bonds. The molecule has 140 valence electrons. The van der Waals surface area contributed by atoms with Gasteiger partial charge in [0.25, 0.3) is 0 Å². The molecule has 0 aliphatic heterocycles. The van der Waals surface area contributed by atoms with E-state index in [1.54, 1.807) is 6.92 Å². The third-order valence-electron chi connectivity index (χ3n) is 5.48. The van der Waals surface area contributed by atoms with Crippen LogP contribution in [0.4, 0.5) is 0 Å². The molecule has 5 rings (SSSR count). The van der Waals surface area contributed by atoms with E-state index in [4.69, 9.17) is 11.6 Å². The first-order valence-electron chi connectivity index (χ1n) is 9.78. The van der Waals surface area contributed by atoms with Gasteiger partial charge in [-0.2, -0.15) is 0 Å². The standard InChI is InChI=1S/C18H15Cl.C8H8O/c19-18-7-3-6-14-16-9-8-12-4-1-2-5-13(12)15(16)10-11-17(14)18;1-7(9)8-5-3-2-4-6-8/h1-2,4-5,8-11,18H,3,6-7H2;2-6H,1H3. The van der Waals surface area contributed by atoms with E-state index in [1.807, 2.05) is 30.3 Å². The summed E-state index contributed by atoms with van der Waals surface area (Å²) in [5.41, 5.74) is 3.59. The van der Waals surface area contributed by atoms with Crippen LogP contribution in [0.15, 0.2) is 78.9 Å². The molecule has 0 aromatic heterocycles. The normalized spacial score (nSPS) is 15.6. The van der Waals surface area contributed by atoms with Crippen molar-refractivity contribution < 1.29 is 4.79 Å². The second-order valence-corrected chi connectivity index (χ2v) is 7.82. The third-order valence-corrected chi connectivity index (χ3v) is 5.93. The number of carbonyl (C=O) groups excluding carboxylic acids is 1. The summed E-state index contributed by atoms with van der Waals surface area (Å²) >= 11 is 6.47. The lowest BCUT2D eigenvalue weighted by atomic mass is 9.86. The van der Waals surface area contributed by atoms with Crippen LogP contribution in [-0.4, -0.2) is 5.78 Å². The Balaban J connectivity index is 0.000000181. The van der Waals surface area contributed by atoms with E-state index in [0.717, 1.165) is 18.4 Å². The van der Waals surface area contributed by atoms with Gasteiger partial charge in [0.05, 0.1) is 5.38 Å². The highest BCUT2D eigenvalue weighted by Gasteiger charge is 2.20. The van der Waals surface area contributed by atoms with Gasteiger partial charge in [0.1, 0.15) is 0 Å². The van der Waals surface area contributed by atoms with E-state index >= 15 is 0 Å². The minimum Gasteiger partial charge on any atom is -0.295 e. The first kappa shape index (κ1) is 18.7. The molecule has 0 heterocycles. The molecule has 0 fully saturated rings. The molecule has 0 N–H and O–H groups in total. The summed E-state index contributed by atoms with van der Waals surface area (Å²) in [6.07, 6.45) is 3.47. The van der Waals surface area contributed by atoms with Crippen LogP contribution in [-0.2, 0) is 6.42 Å². The number of hydrogen-bond donors (Lipinski definition) is 0. The summed E-state index contributed by atoms with van der Waals surface area (Å²) in [4.78, 5) is 10.6. The Kier molecular flexibility index (Phi) is 5.45. The molecule has 2 heteroatoms. The molecular weight excluding hydrogens is 364 g/mol. The predicted molar refractivity (Wildman–Crippen MR) is 119 cm³/mol. The molecule has 0 saturated heterocycles. The maximum atomic E-state index is 10.6. The minimum absolute atomic E-state index is 0.121. The zero-order valence-corrected chi connectivity index (χ0v) is 16.7. The summed E-state index contributed by atoms with van der Waals surface area (Å²) in [5, 5.41) is 5.61. The van der Waals surface area contributed by atoms with Gasteiger partial charge in [-0.25, -0.2) is 0 Å². The monoisotopic (exact) mass is 386 g/mol. The van der Waals surface area contributed by atoms with Crippen LogP contribution in [0.3, 0.4) is 0 Å². The lowest BCUT2D eigenvalue weighted by molar-refractivity contribution is 0.101. The highest BCUT2D eigenvalue weighted by Crippen LogP contribution is 2.39. The van der Waals surface area contributed by atoms with Gasteiger partial charge in [0, 0.05) is 5.56 Å². The summed E-state index contributed by atoms with van der Waals surface area (Å²) in [7, 11) is 0. The quantitative estimate of drug-likeness (QED) is 0.188. The van der Waals surface area contributed by atoms with Crippen molar-refractivity contribution in [3.05, 3.63) is 95.6 Å². The largest absolute Gasteiger partial charge is 0.295 e. The van der Waals surface area contributed by atoms with E-state index in [9.17, 15) is 4.79 Å². The Hall–Kier alpha value is -2.64. The number of carbonyl (C=O) groups is 1. The average Bonchev–Trinajstić information content (AvgIpc) is 2.74. The Morgan fingerprint density at radius 1 is 0.821 bits per heavy atom. The van der Waals surface area contributed by atoms with Crippen LogP contribution in [0.25, 0.3) is 21.5 Å². The molecule has 1 nitrogen and oxygen atoms in total. The Labute approximate surface area is 171 Å². The van der Waals surface area contributed by atoms with Crippen LogP contribution in [0.5, 0.6) is 0 Å². The van der Waals surface area contributed by atoms with Gasteiger partial charge < -0.3 is 0 Å². The van der Waals surface area contributed by atoms with Crippen LogP contribution < -0.4 is 0 Å². The number of fused-ring (bicyclic) bond motifs is 5. The number of benzene rings is 4. The van der Waals surface area contributed by atoms with Gasteiger partial charge in [0.2, 0.25) is 0 Å². The smallest absolute Gasteiger partial charge is 0.159 e. The van der Waals surface area contributed by atoms with E-state index in [2.05, 4.69) is 48.5 Å². The van der Waals surface area contributed by atoms with Gasteiger partial charge in [-0.15, -0.1) is 11.6 Å². The number of Topliss-reactive ketones (excluding diaryl/α,β-unsaturated/α-hetero) is 1. The van der Waals surface area contributed by atoms with Crippen LogP contribution in [0, 0.1) is 0 Å². The molecule has 1 unspecified atom stereocenters. The number of ketones is 1. The van der Waals surface area contributed by atoms with E-state index < -0.39 is 0 Å². The maximum absolute atomic E-state index is 10.6. The molecule has 28 heavy (non-hydrogen) atoms. The first-order chi connectivity index (χ1) is 13.6. The maximum Gasteiger partial charge on any atom is 0.159 e. The van der Waals surface area contributed by atoms with Crippen molar-refractivity contribution in [1.29, 1.82) is 0 Å². The van der Waals surface area contributed by atoms with Crippen LogP contribution >= 0.6 is 11.6 Å². The van der Waals surface area contributed by atoms with Crippen LogP contribution in [0.2, 0.25) is 0 Å². The van der Waals surface area contributed by atoms with Crippen LogP contribution in [0.1, 0.15) is 46.6 Å². The third kappa shape index (κ3) is 3.68. The fourth-order valence-corrected chi connectivity index (χ4v) is 4.39. The highest BCUT2D eigenvalue weighted by atomic mass is 35.5. The van der Waals surface area contributed by atoms with Crippen molar-refractivity contribution in [2.45, 2.75) is 31.6 Å². The van der Waals surface area contributed by atoms with Crippen molar-refractivity contribution >= 4 is 38.9 Å². The van der Waals surface area contributed by atoms with Crippen molar-refractivity contribution in [2.75, 3.05) is 0 Å². The molecule has 0 radical (unpaired) electrons. The highest BCUT2D eigenvalue weighted by molar-refractivity contribution is 6.21. The van der Waals surface area contributed by atoms with E-state index in [-0.39, 0.29) is 11.2 Å². The fourth-order valence-electron chi connectivity index (χ4n) is 4.03. The Morgan fingerprint density at radius 3 is 2.29 bits per heavy atom. The number of halogens is 1. The second kappa shape index (κ2) is 8.16. The van der Waals surface area contributed by atoms with Crippen molar-refractivity contribution in [3.63, 3.8) is 0 Å². The number of aryl methyl sites for hydroxylation is 1. The predicted octanol–water partition coefficient (Wildman–Crippen LogP) is 7.50. The van der Waals surface area contributed by atoms with Gasteiger partial charge in [-0.05, 0) is 58.9 Å². The topological polar surface area (TPSA) is 17.1 Å². The second-order valence-electron chi connectivity index (χ2n) is 7.30. The first-order valence-corrected chi connectivity index (χ1v) is 10.2. The lowest BCUT2D eigenvalue weighted by Gasteiger charge is -2.22. The van der Waals surface area contributed by atoms with E-state index in [0.29, 0.717) is 0 Å². The number of hydrogen-bond acceptors (Lipinski definition) is 1. The van der Waals surface area contributed by atoms with Gasteiger partial charge in [-0.1, -0.05) is 78.9 Å². The molecule has 0 bridgehead atoms. The summed E-state index contributed by atoms with van der Waals surface area (Å²) in [6.45, 7) is 1.56. The van der Waals surface area contributed by atoms with Gasteiger partial charge in [0.15, 0.2) is 5.78 Å². The average molecular weight is 387 g/mol. The summed E-state index contributed by atoms with van der Waals surface area (Å²) in [5.74, 6) is 0.121. The molecule has 1 aliphatic carbocycles. The summed E-state index contributed by atoms with van der Waals surface area (Å²) < 4.78 is 0. The Morgan fingerprint density at radius 2 is 1.54 bits per heavy atom. The van der Waals surface area contributed by atoms with Crippen molar-refractivity contribution in [2.24, 2.45) is 0 Å². The molecule has 1 atom stereocenters. The Bertz CT molecular complexity index is 1130. The summed E-state index contributed by atoms with van der Waals surface area (Å²) in [6, 6.07) is 26.8. The molecule has 4 aromatic rings. The lowest BCUT2D eigenvalue weighted by Crippen LogP contribution is -2.05. The molecule has 4 aromatic carbocycles. The molecule has 0 saturated carbocycles. The van der Waals surface area contributed by atoms with Crippen molar-refractivity contribution in [3.8, 4) is 0 Å². The minimum atomic E-state index is 0.121. The molecule has 0 spiro atoms. The zero-order chi connectivity index (χ0) is 19.5. The van der Waals surface area contributed by atoms with Crippen molar-refractivity contribution in [1.82, 2.24) is 0 Å². The molecular formula is C26H23ClO. The fraction of sp³-hybridized carbons (Fsp3) is 0.192. The van der Waals surface area contributed by atoms with Gasteiger partial charge >= 0.3 is 0 Å². The van der Waals surface area contributed by atoms with E-state index in [1.165, 1.54) is 39.1 Å². The van der Waals surface area contributed by atoms with Gasteiger partial charge in [-0.3, -0.25) is 4.79 Å². The SMILES string of the molecule is CC(=O)c1ccccc1.ClC1CCCc2c1ccc1c2ccc2ccccc21. The number of alkyl halides is 1. The molecule has 1 aliphatic rings.